The van der Waals surface area contributed by atoms with E-state index in [1.165, 1.54) is 19.2 Å². The number of benzene rings is 2. The largest absolute Gasteiger partial charge is 0.508 e. The zero-order valence-electron chi connectivity index (χ0n) is 24.6. The third-order valence-electron chi connectivity index (χ3n) is 7.53. The summed E-state index contributed by atoms with van der Waals surface area (Å²) in [6.45, 7) is -0.235. The van der Waals surface area contributed by atoms with Gasteiger partial charge in [-0.1, -0.05) is 12.1 Å². The molecule has 0 fully saturated rings. The molecule has 2 aromatic rings. The molecule has 0 aromatic heterocycles. The van der Waals surface area contributed by atoms with Crippen LogP contribution in [0.3, 0.4) is 0 Å². The number of phenols is 2. The average molecular weight is 650 g/mol. The van der Waals surface area contributed by atoms with Gasteiger partial charge in [0.05, 0.1) is 12.1 Å². The van der Waals surface area contributed by atoms with E-state index in [1.54, 1.807) is 24.3 Å². The van der Waals surface area contributed by atoms with Crippen molar-refractivity contribution in [2.75, 3.05) is 13.6 Å². The van der Waals surface area contributed by atoms with Crippen molar-refractivity contribution in [3.05, 3.63) is 47.5 Å². The molecular formula is C29H40ClN7O8. The van der Waals surface area contributed by atoms with Crippen molar-refractivity contribution in [2.45, 2.75) is 62.4 Å². The van der Waals surface area contributed by atoms with Crippen molar-refractivity contribution in [3.63, 3.8) is 0 Å². The quantitative estimate of drug-likeness (QED) is 0.142. The molecule has 4 bridgehead atoms. The number of nitrogens with one attached hydrogen (secondary N) is 2. The molecule has 0 saturated heterocycles. The Bertz CT molecular complexity index is 1430. The second-order valence-corrected chi connectivity index (χ2v) is 10.8. The van der Waals surface area contributed by atoms with Gasteiger partial charge in [-0.2, -0.15) is 0 Å². The lowest BCUT2D eigenvalue weighted by Gasteiger charge is -2.33. The summed E-state index contributed by atoms with van der Waals surface area (Å²) in [6.07, 6.45) is -2.34. The van der Waals surface area contributed by atoms with Gasteiger partial charge < -0.3 is 53.8 Å². The number of amides is 5. The molecule has 0 saturated carbocycles. The Hall–Kier alpha value is -4.44. The highest BCUT2D eigenvalue weighted by Crippen LogP contribution is 2.31. The summed E-state index contributed by atoms with van der Waals surface area (Å²) >= 11 is 0. The second kappa shape index (κ2) is 16.0. The number of aromatic hydroxyl groups is 2. The normalized spacial score (nSPS) is 20.0. The molecule has 45 heavy (non-hydrogen) atoms. The lowest BCUT2D eigenvalue weighted by Crippen LogP contribution is -2.59. The Morgan fingerprint density at radius 1 is 1.02 bits per heavy atom. The number of rotatable bonds is 9. The number of halogens is 1. The Morgan fingerprint density at radius 3 is 2.09 bits per heavy atom. The topological polar surface area (TPSA) is 277 Å². The molecule has 1 heterocycles. The third kappa shape index (κ3) is 9.52. The molecule has 3 rings (SSSR count). The minimum absolute atomic E-state index is 0. The maximum Gasteiger partial charge on any atom is 0.245 e. The van der Waals surface area contributed by atoms with Crippen LogP contribution in [-0.4, -0.2) is 93.6 Å². The fourth-order valence-electron chi connectivity index (χ4n) is 4.91. The van der Waals surface area contributed by atoms with Crippen LogP contribution in [0.4, 0.5) is 0 Å². The summed E-state index contributed by atoms with van der Waals surface area (Å²) in [7, 11) is 1.28. The van der Waals surface area contributed by atoms with Crippen LogP contribution >= 0.6 is 12.4 Å². The summed E-state index contributed by atoms with van der Waals surface area (Å²) in [4.78, 5) is 65.1. The van der Waals surface area contributed by atoms with E-state index in [-0.39, 0.29) is 68.1 Å². The third-order valence-corrected chi connectivity index (χ3v) is 7.53. The van der Waals surface area contributed by atoms with Gasteiger partial charge >= 0.3 is 0 Å². The predicted octanol–water partition coefficient (Wildman–Crippen LogP) is -2.13. The Morgan fingerprint density at radius 2 is 1.58 bits per heavy atom. The van der Waals surface area contributed by atoms with Crippen LogP contribution in [0.25, 0.3) is 11.1 Å². The zero-order valence-corrected chi connectivity index (χ0v) is 25.5. The molecular weight excluding hydrogens is 610 g/mol. The van der Waals surface area contributed by atoms with Gasteiger partial charge in [0.2, 0.25) is 29.5 Å². The van der Waals surface area contributed by atoms with Crippen LogP contribution in [0.2, 0.25) is 0 Å². The summed E-state index contributed by atoms with van der Waals surface area (Å²) < 4.78 is 0. The number of nitrogens with zero attached hydrogens (tertiary/aromatic N) is 1. The molecule has 0 spiro atoms. The molecule has 15 nitrogen and oxygen atoms in total. The molecule has 16 heteroatoms. The summed E-state index contributed by atoms with van der Waals surface area (Å²) in [5, 5.41) is 36.5. The SMILES string of the molecule is CN1C(=O)[C@H](C[C@@H](O)CN)NC(=O)[C@@H](N)Cc2cc(ccc2O)-c2ccc(O)c(c2)C[C@H]1C(=O)N[C@@H](CCC(N)=O)C(N)=O.Cl. The van der Waals surface area contributed by atoms with E-state index >= 15 is 0 Å². The molecule has 1 aliphatic heterocycles. The Labute approximate surface area is 265 Å². The number of nitrogens with two attached hydrogens (primary N) is 4. The first-order valence-corrected chi connectivity index (χ1v) is 13.9. The van der Waals surface area contributed by atoms with Crippen molar-refractivity contribution < 1.29 is 39.3 Å². The van der Waals surface area contributed by atoms with Crippen molar-refractivity contribution in [1.29, 1.82) is 0 Å². The van der Waals surface area contributed by atoms with Crippen molar-refractivity contribution in [1.82, 2.24) is 15.5 Å². The number of hydrogen-bond acceptors (Lipinski definition) is 10. The fraction of sp³-hybridized carbons (Fsp3) is 0.414. The first-order valence-electron chi connectivity index (χ1n) is 13.9. The van der Waals surface area contributed by atoms with Crippen LogP contribution in [0.15, 0.2) is 36.4 Å². The van der Waals surface area contributed by atoms with Gasteiger partial charge in [0.25, 0.3) is 0 Å². The van der Waals surface area contributed by atoms with Gasteiger partial charge in [-0.15, -0.1) is 12.4 Å². The van der Waals surface area contributed by atoms with Gasteiger partial charge in [0.1, 0.15) is 29.6 Å². The highest BCUT2D eigenvalue weighted by Gasteiger charge is 2.36. The molecule has 13 N–H and O–H groups in total. The monoisotopic (exact) mass is 649 g/mol. The number of likely N-dealkylation sites (N-methyl/N-ethyl adjacent to an activating group) is 1. The van der Waals surface area contributed by atoms with Gasteiger partial charge in [-0.05, 0) is 52.9 Å². The number of aliphatic hydroxyl groups excluding tert-OH is 1. The average Bonchev–Trinajstić information content (AvgIpc) is 2.97. The van der Waals surface area contributed by atoms with Gasteiger partial charge in [0.15, 0.2) is 0 Å². The summed E-state index contributed by atoms with van der Waals surface area (Å²) in [6, 6.07) is 4.01. The molecule has 0 radical (unpaired) electrons. The summed E-state index contributed by atoms with van der Waals surface area (Å²) in [5.41, 5.74) is 24.1. The van der Waals surface area contributed by atoms with Crippen LogP contribution in [-0.2, 0) is 36.8 Å². The van der Waals surface area contributed by atoms with Crippen LogP contribution in [0.1, 0.15) is 30.4 Å². The Balaban J connectivity index is 0.00000705. The van der Waals surface area contributed by atoms with E-state index in [1.807, 2.05) is 0 Å². The van der Waals surface area contributed by atoms with E-state index in [0.717, 1.165) is 4.90 Å². The summed E-state index contributed by atoms with van der Waals surface area (Å²) in [5.74, 6) is -4.38. The maximum absolute atomic E-state index is 13.8. The number of phenolic OH excluding ortho intramolecular Hbond substituents is 2. The van der Waals surface area contributed by atoms with Crippen LogP contribution < -0.4 is 33.6 Å². The number of aliphatic hydroxyl groups is 1. The van der Waals surface area contributed by atoms with E-state index < -0.39 is 59.8 Å². The minimum Gasteiger partial charge on any atom is -0.508 e. The number of hydrogen-bond donors (Lipinski definition) is 9. The highest BCUT2D eigenvalue weighted by atomic mass is 35.5. The Kier molecular flexibility index (Phi) is 13.1. The van der Waals surface area contributed by atoms with E-state index in [9.17, 15) is 39.3 Å². The van der Waals surface area contributed by atoms with Gasteiger partial charge in [-0.25, -0.2) is 0 Å². The highest BCUT2D eigenvalue weighted by molar-refractivity contribution is 5.95. The molecule has 5 amide bonds. The lowest BCUT2D eigenvalue weighted by atomic mass is 9.95. The van der Waals surface area contributed by atoms with Gasteiger partial charge in [0, 0.05) is 39.3 Å². The van der Waals surface area contributed by atoms with Gasteiger partial charge in [-0.3, -0.25) is 24.0 Å². The lowest BCUT2D eigenvalue weighted by molar-refractivity contribution is -0.143. The molecule has 0 aliphatic carbocycles. The number of fused-ring (bicyclic) bond motifs is 5. The predicted molar refractivity (Wildman–Crippen MR) is 166 cm³/mol. The van der Waals surface area contributed by atoms with Crippen LogP contribution in [0, 0.1) is 0 Å². The number of carbonyl (C=O) groups excluding carboxylic acids is 5. The standard InChI is InChI=1S/C29H39N7O8.ClH/c1-36-22(28(43)34-20(26(33)41)4-7-25(32)40)11-17-9-15(3-6-24(17)39)14-2-5-23(38)16(8-14)10-19(31)27(42)35-21(29(36)44)12-18(37)13-30;/h2-3,5-6,8-9,18-22,37-39H,4,7,10-13,30-31H2,1H3,(H2,32,40)(H2,33,41)(H,34,43)(H,35,42);1H/t18-,19+,20+,21+,22+;/m1./s1. The molecule has 1 aliphatic rings. The molecule has 246 valence electrons. The molecule has 0 unspecified atom stereocenters. The minimum atomic E-state index is -1.39. The van der Waals surface area contributed by atoms with E-state index in [4.69, 9.17) is 22.9 Å². The smallest absolute Gasteiger partial charge is 0.245 e. The van der Waals surface area contributed by atoms with E-state index in [0.29, 0.717) is 16.7 Å². The first-order chi connectivity index (χ1) is 20.7. The van der Waals surface area contributed by atoms with Crippen molar-refractivity contribution >= 4 is 41.9 Å². The molecule has 2 aromatic carbocycles. The first kappa shape index (κ1) is 36.8. The number of primary amides is 2. The van der Waals surface area contributed by atoms with Crippen molar-refractivity contribution in [2.24, 2.45) is 22.9 Å². The second-order valence-electron chi connectivity index (χ2n) is 10.8. The maximum atomic E-state index is 13.8. The molecule has 5 atom stereocenters. The zero-order chi connectivity index (χ0) is 32.7. The van der Waals surface area contributed by atoms with E-state index in [2.05, 4.69) is 10.6 Å². The fourth-order valence-corrected chi connectivity index (χ4v) is 4.91. The number of carbonyl (C=O) groups is 5. The van der Waals surface area contributed by atoms with Crippen molar-refractivity contribution in [3.8, 4) is 22.6 Å². The van der Waals surface area contributed by atoms with Crippen LogP contribution in [0.5, 0.6) is 11.5 Å².